The van der Waals surface area contributed by atoms with Gasteiger partial charge in [-0.1, -0.05) is 0 Å². The number of aliphatic hydroxyl groups is 1. The molecule has 1 heterocycles. The third-order valence-corrected chi connectivity index (χ3v) is 2.77. The Morgan fingerprint density at radius 3 is 2.71 bits per heavy atom. The molecule has 1 unspecified atom stereocenters. The molecular weight excluding hydrogens is 272 g/mol. The van der Waals surface area contributed by atoms with Gasteiger partial charge < -0.3 is 15.7 Å². The van der Waals surface area contributed by atoms with E-state index in [9.17, 15) is 4.79 Å². The molecule has 0 radical (unpaired) electrons. The quantitative estimate of drug-likeness (QED) is 0.586. The predicted octanol–water partition coefficient (Wildman–Crippen LogP) is -0.637. The summed E-state index contributed by atoms with van der Waals surface area (Å²) < 4.78 is 1.52. The van der Waals surface area contributed by atoms with Crippen LogP contribution in [0.5, 0.6) is 0 Å². The standard InChI is InChI=1S/C13H18N6O2/c1-10(20)8-14-6-7-15-13(21)11-2-4-12(5-3-11)19-9-16-17-18-19/h2-5,9-10,14,20H,6-8H2,1H3,(H,15,21). The molecule has 0 fully saturated rings. The summed E-state index contributed by atoms with van der Waals surface area (Å²) in [6.07, 6.45) is 1.10. The maximum Gasteiger partial charge on any atom is 0.251 e. The number of carbonyl (C=O) groups excluding carboxylic acids is 1. The minimum absolute atomic E-state index is 0.142. The number of aromatic nitrogens is 4. The number of rotatable bonds is 7. The Bertz CT molecular complexity index is 553. The summed E-state index contributed by atoms with van der Waals surface area (Å²) in [5.74, 6) is -0.142. The Labute approximate surface area is 122 Å². The molecule has 1 amide bonds. The van der Waals surface area contributed by atoms with Gasteiger partial charge in [-0.3, -0.25) is 4.79 Å². The van der Waals surface area contributed by atoms with Crippen LogP contribution < -0.4 is 10.6 Å². The van der Waals surface area contributed by atoms with Gasteiger partial charge in [0.2, 0.25) is 0 Å². The SMILES string of the molecule is CC(O)CNCCNC(=O)c1ccc(-n2cnnn2)cc1. The highest BCUT2D eigenvalue weighted by Crippen LogP contribution is 2.07. The summed E-state index contributed by atoms with van der Waals surface area (Å²) in [6.45, 7) is 3.33. The molecule has 21 heavy (non-hydrogen) atoms. The van der Waals surface area contributed by atoms with Crippen molar-refractivity contribution in [3.05, 3.63) is 36.2 Å². The molecule has 0 aliphatic rings. The Kier molecular flexibility index (Phi) is 5.35. The number of hydrogen-bond acceptors (Lipinski definition) is 6. The van der Waals surface area contributed by atoms with Crippen molar-refractivity contribution in [2.75, 3.05) is 19.6 Å². The normalized spacial score (nSPS) is 12.1. The predicted molar refractivity (Wildman–Crippen MR) is 76.0 cm³/mol. The molecule has 112 valence electrons. The fourth-order valence-electron chi connectivity index (χ4n) is 1.72. The third kappa shape index (κ3) is 4.62. The highest BCUT2D eigenvalue weighted by atomic mass is 16.3. The molecule has 8 heteroatoms. The van der Waals surface area contributed by atoms with Crippen LogP contribution in [0.15, 0.2) is 30.6 Å². The second-order valence-electron chi connectivity index (χ2n) is 4.61. The van der Waals surface area contributed by atoms with Gasteiger partial charge in [-0.15, -0.1) is 5.10 Å². The highest BCUT2D eigenvalue weighted by molar-refractivity contribution is 5.94. The van der Waals surface area contributed by atoms with Gasteiger partial charge in [-0.2, -0.15) is 0 Å². The summed E-state index contributed by atoms with van der Waals surface area (Å²) in [7, 11) is 0. The Balaban J connectivity index is 1.80. The first kappa shape index (κ1) is 15.1. The number of hydrogen-bond donors (Lipinski definition) is 3. The number of amides is 1. The second kappa shape index (κ2) is 7.46. The smallest absolute Gasteiger partial charge is 0.251 e. The Morgan fingerprint density at radius 1 is 1.33 bits per heavy atom. The zero-order valence-corrected chi connectivity index (χ0v) is 11.7. The van der Waals surface area contributed by atoms with Crippen molar-refractivity contribution in [1.29, 1.82) is 0 Å². The molecule has 0 aliphatic carbocycles. The number of benzene rings is 1. The summed E-state index contributed by atoms with van der Waals surface area (Å²) in [5, 5.41) is 25.8. The lowest BCUT2D eigenvalue weighted by Crippen LogP contribution is -2.34. The van der Waals surface area contributed by atoms with Crippen LogP contribution in [-0.4, -0.2) is 57.0 Å². The zero-order chi connectivity index (χ0) is 15.1. The number of tetrazole rings is 1. The lowest BCUT2D eigenvalue weighted by molar-refractivity contribution is 0.0953. The van der Waals surface area contributed by atoms with Crippen molar-refractivity contribution in [2.24, 2.45) is 0 Å². The van der Waals surface area contributed by atoms with Crippen LogP contribution in [0.4, 0.5) is 0 Å². The van der Waals surface area contributed by atoms with Gasteiger partial charge in [0.25, 0.3) is 5.91 Å². The second-order valence-corrected chi connectivity index (χ2v) is 4.61. The van der Waals surface area contributed by atoms with E-state index in [1.165, 1.54) is 11.0 Å². The average molecular weight is 290 g/mol. The molecule has 2 aromatic rings. The van der Waals surface area contributed by atoms with Crippen LogP contribution in [0.1, 0.15) is 17.3 Å². The van der Waals surface area contributed by atoms with Crippen molar-refractivity contribution in [2.45, 2.75) is 13.0 Å². The minimum Gasteiger partial charge on any atom is -0.392 e. The van der Waals surface area contributed by atoms with Crippen LogP contribution in [0.25, 0.3) is 5.69 Å². The largest absolute Gasteiger partial charge is 0.392 e. The highest BCUT2D eigenvalue weighted by Gasteiger charge is 2.05. The topological polar surface area (TPSA) is 105 Å². The molecule has 1 aromatic heterocycles. The van der Waals surface area contributed by atoms with Gasteiger partial charge in [-0.25, -0.2) is 4.68 Å². The maximum absolute atomic E-state index is 11.9. The minimum atomic E-state index is -0.389. The molecule has 1 aromatic carbocycles. The van der Waals surface area contributed by atoms with E-state index in [0.717, 1.165) is 5.69 Å². The third-order valence-electron chi connectivity index (χ3n) is 2.77. The lowest BCUT2D eigenvalue weighted by atomic mass is 10.2. The van der Waals surface area contributed by atoms with E-state index >= 15 is 0 Å². The van der Waals surface area contributed by atoms with Crippen LogP contribution in [0, 0.1) is 0 Å². The van der Waals surface area contributed by atoms with Crippen LogP contribution in [-0.2, 0) is 0 Å². The van der Waals surface area contributed by atoms with E-state index < -0.39 is 0 Å². The summed E-state index contributed by atoms with van der Waals surface area (Å²) in [4.78, 5) is 11.9. The van der Waals surface area contributed by atoms with Crippen LogP contribution in [0.2, 0.25) is 0 Å². The van der Waals surface area contributed by atoms with E-state index in [4.69, 9.17) is 5.11 Å². The van der Waals surface area contributed by atoms with E-state index in [1.54, 1.807) is 31.2 Å². The molecular formula is C13H18N6O2. The van der Waals surface area contributed by atoms with Crippen molar-refractivity contribution in [3.63, 3.8) is 0 Å². The van der Waals surface area contributed by atoms with Gasteiger partial charge in [0.1, 0.15) is 6.33 Å². The molecule has 0 saturated carbocycles. The van der Waals surface area contributed by atoms with Gasteiger partial charge in [0, 0.05) is 25.2 Å². The van der Waals surface area contributed by atoms with Gasteiger partial charge in [0.05, 0.1) is 11.8 Å². The first-order valence-electron chi connectivity index (χ1n) is 6.67. The molecule has 0 spiro atoms. The van der Waals surface area contributed by atoms with Gasteiger partial charge >= 0.3 is 0 Å². The molecule has 0 aliphatic heterocycles. The van der Waals surface area contributed by atoms with Crippen molar-refractivity contribution >= 4 is 5.91 Å². The van der Waals surface area contributed by atoms with Gasteiger partial charge in [-0.05, 0) is 41.6 Å². The van der Waals surface area contributed by atoms with Crippen LogP contribution in [0.3, 0.4) is 0 Å². The van der Waals surface area contributed by atoms with Gasteiger partial charge in [0.15, 0.2) is 0 Å². The number of carbonyl (C=O) groups is 1. The molecule has 0 bridgehead atoms. The average Bonchev–Trinajstić information content (AvgIpc) is 3.01. The fourth-order valence-corrected chi connectivity index (χ4v) is 1.72. The fraction of sp³-hybridized carbons (Fsp3) is 0.385. The summed E-state index contributed by atoms with van der Waals surface area (Å²) in [6, 6.07) is 6.99. The summed E-state index contributed by atoms with van der Waals surface area (Å²) in [5.41, 5.74) is 1.36. The maximum atomic E-state index is 11.9. The first-order valence-corrected chi connectivity index (χ1v) is 6.67. The first-order chi connectivity index (χ1) is 10.2. The van der Waals surface area contributed by atoms with Crippen molar-refractivity contribution in [3.8, 4) is 5.69 Å². The van der Waals surface area contributed by atoms with Crippen LogP contribution >= 0.6 is 0 Å². The lowest BCUT2D eigenvalue weighted by Gasteiger charge is -2.08. The van der Waals surface area contributed by atoms with Crippen molar-refractivity contribution < 1.29 is 9.90 Å². The molecule has 8 nitrogen and oxygen atoms in total. The van der Waals surface area contributed by atoms with E-state index in [1.807, 2.05) is 0 Å². The Morgan fingerprint density at radius 2 is 2.10 bits per heavy atom. The number of nitrogens with one attached hydrogen (secondary N) is 2. The molecule has 0 saturated heterocycles. The number of nitrogens with zero attached hydrogens (tertiary/aromatic N) is 4. The molecule has 1 atom stereocenters. The Hall–Kier alpha value is -2.32. The van der Waals surface area contributed by atoms with E-state index in [-0.39, 0.29) is 12.0 Å². The molecule has 2 rings (SSSR count). The van der Waals surface area contributed by atoms with E-state index in [0.29, 0.717) is 25.2 Å². The zero-order valence-electron chi connectivity index (χ0n) is 11.7. The van der Waals surface area contributed by atoms with E-state index in [2.05, 4.69) is 26.2 Å². The molecule has 3 N–H and O–H groups in total. The van der Waals surface area contributed by atoms with Crippen molar-refractivity contribution in [1.82, 2.24) is 30.8 Å². The summed E-state index contributed by atoms with van der Waals surface area (Å²) >= 11 is 0. The number of aliphatic hydroxyl groups excluding tert-OH is 1. The monoisotopic (exact) mass is 290 g/mol.